The summed E-state index contributed by atoms with van der Waals surface area (Å²) in [4.78, 5) is 16.2. The fraction of sp³-hybridized carbons (Fsp3) is 0.348. The number of hydrogen-bond acceptors (Lipinski definition) is 7. The highest BCUT2D eigenvalue weighted by Crippen LogP contribution is 2.36. The zero-order valence-electron chi connectivity index (χ0n) is 19.8. The lowest BCUT2D eigenvalue weighted by molar-refractivity contribution is -0.144. The van der Waals surface area contributed by atoms with Crippen molar-refractivity contribution in [3.63, 3.8) is 0 Å². The van der Waals surface area contributed by atoms with E-state index in [2.05, 4.69) is 10.1 Å². The summed E-state index contributed by atoms with van der Waals surface area (Å²) in [6.45, 7) is 2.02. The number of carbonyl (C=O) groups excluding carboxylic acids is 1. The molecule has 4 rings (SSSR count). The Morgan fingerprint density at radius 2 is 2.03 bits per heavy atom. The number of pyridine rings is 1. The lowest BCUT2D eigenvalue weighted by Crippen LogP contribution is -2.34. The molecule has 0 radical (unpaired) electrons. The third-order valence-electron chi connectivity index (χ3n) is 5.96. The first-order chi connectivity index (χ1) is 16.7. The van der Waals surface area contributed by atoms with Crippen LogP contribution in [0.3, 0.4) is 0 Å². The van der Waals surface area contributed by atoms with Crippen molar-refractivity contribution in [2.75, 3.05) is 13.7 Å². The molecule has 9 nitrogen and oxygen atoms in total. The van der Waals surface area contributed by atoms with Crippen molar-refractivity contribution in [1.82, 2.24) is 19.1 Å². The van der Waals surface area contributed by atoms with E-state index >= 15 is 0 Å². The topological polar surface area (TPSA) is 104 Å². The lowest BCUT2D eigenvalue weighted by atomic mass is 9.93. The number of carbonyl (C=O) groups is 1. The summed E-state index contributed by atoms with van der Waals surface area (Å²) in [5.74, 6) is -0.141. The molecule has 3 aromatic rings. The van der Waals surface area contributed by atoms with Gasteiger partial charge in [-0.2, -0.15) is 9.40 Å². The first kappa shape index (κ1) is 24.9. The van der Waals surface area contributed by atoms with Gasteiger partial charge in [-0.05, 0) is 62.0 Å². The molecular weight excluding hydrogens is 474 g/mol. The van der Waals surface area contributed by atoms with E-state index in [9.17, 15) is 17.6 Å². The second-order valence-corrected chi connectivity index (χ2v) is 10.3. The highest BCUT2D eigenvalue weighted by Gasteiger charge is 2.34. The Morgan fingerprint density at radius 3 is 2.71 bits per heavy atom. The van der Waals surface area contributed by atoms with Crippen molar-refractivity contribution >= 4 is 29.3 Å². The molecular formula is C23H26BFN4O5S. The molecule has 1 aliphatic carbocycles. The van der Waals surface area contributed by atoms with Crippen molar-refractivity contribution in [2.45, 2.75) is 43.7 Å². The predicted octanol–water partition coefficient (Wildman–Crippen LogP) is 1.73. The monoisotopic (exact) mass is 500 g/mol. The van der Waals surface area contributed by atoms with Gasteiger partial charge in [0.05, 0.1) is 25.0 Å². The first-order valence-corrected chi connectivity index (χ1v) is 12.7. The summed E-state index contributed by atoms with van der Waals surface area (Å²) in [7, 11) is -0.649. The number of halogens is 1. The molecule has 2 aromatic heterocycles. The molecule has 0 aliphatic heterocycles. The third kappa shape index (κ3) is 5.23. The number of aromatic nitrogens is 3. The van der Waals surface area contributed by atoms with Gasteiger partial charge in [0.15, 0.2) is 0 Å². The first-order valence-electron chi connectivity index (χ1n) is 11.3. The molecule has 0 spiro atoms. The number of esters is 1. The van der Waals surface area contributed by atoms with Gasteiger partial charge in [-0.15, -0.1) is 0 Å². The molecule has 0 saturated heterocycles. The average molecular weight is 500 g/mol. The molecule has 0 saturated carbocycles. The molecule has 0 fully saturated rings. The normalized spacial score (nSPS) is 15.6. The van der Waals surface area contributed by atoms with Crippen LogP contribution in [0.15, 0.2) is 47.6 Å². The third-order valence-corrected chi connectivity index (χ3v) is 7.80. The van der Waals surface area contributed by atoms with Gasteiger partial charge in [0.25, 0.3) is 0 Å². The Labute approximate surface area is 204 Å². The fourth-order valence-corrected chi connectivity index (χ4v) is 5.57. The van der Waals surface area contributed by atoms with Crippen LogP contribution in [0, 0.1) is 5.82 Å². The number of ether oxygens (including phenoxy) is 2. The van der Waals surface area contributed by atoms with Gasteiger partial charge in [0.2, 0.25) is 15.9 Å². The quantitative estimate of drug-likeness (QED) is 0.343. The van der Waals surface area contributed by atoms with Crippen LogP contribution in [0.2, 0.25) is 0 Å². The van der Waals surface area contributed by atoms with E-state index in [-0.39, 0.29) is 35.7 Å². The van der Waals surface area contributed by atoms with Crippen molar-refractivity contribution in [1.29, 1.82) is 0 Å². The molecule has 12 heteroatoms. The van der Waals surface area contributed by atoms with Crippen molar-refractivity contribution < 1.29 is 27.1 Å². The highest BCUT2D eigenvalue weighted by atomic mass is 32.2. The lowest BCUT2D eigenvalue weighted by Gasteiger charge is -2.31. The van der Waals surface area contributed by atoms with Gasteiger partial charge in [-0.3, -0.25) is 9.48 Å². The van der Waals surface area contributed by atoms with Crippen LogP contribution in [0.5, 0.6) is 11.6 Å². The maximum Gasteiger partial charge on any atom is 0.327 e. The van der Waals surface area contributed by atoms with Gasteiger partial charge >= 0.3 is 5.97 Å². The Balaban J connectivity index is 1.56. The molecule has 1 aliphatic rings. The second-order valence-electron chi connectivity index (χ2n) is 8.29. The van der Waals surface area contributed by atoms with Crippen LogP contribution in [0.1, 0.15) is 37.1 Å². The predicted molar refractivity (Wildman–Crippen MR) is 128 cm³/mol. The maximum atomic E-state index is 13.5. The van der Waals surface area contributed by atoms with Gasteiger partial charge < -0.3 is 9.47 Å². The van der Waals surface area contributed by atoms with Crippen LogP contribution in [0.4, 0.5) is 4.39 Å². The minimum absolute atomic E-state index is 0.00894. The zero-order chi connectivity index (χ0) is 25.2. The highest BCUT2D eigenvalue weighted by molar-refractivity contribution is 7.89. The molecule has 2 heterocycles. The number of rotatable bonds is 8. The van der Waals surface area contributed by atoms with Crippen LogP contribution in [-0.4, -0.2) is 55.0 Å². The Kier molecular flexibility index (Phi) is 7.22. The fourth-order valence-electron chi connectivity index (χ4n) is 4.17. The van der Waals surface area contributed by atoms with Gasteiger partial charge in [-0.1, -0.05) is 0 Å². The van der Waals surface area contributed by atoms with E-state index < -0.39 is 16.1 Å². The molecule has 35 heavy (non-hydrogen) atoms. The molecule has 0 unspecified atom stereocenters. The number of hydrogen-bond donors (Lipinski definition) is 0. The molecule has 0 amide bonds. The van der Waals surface area contributed by atoms with Gasteiger partial charge in [0, 0.05) is 18.3 Å². The SMILES string of the molecule is Bc1cc(S(=O)(=O)N(C)[C@@H]2CCCc3c2cnn3CC(=O)OCC)cnc1Oc1ccc(F)cc1. The van der Waals surface area contributed by atoms with E-state index in [1.165, 1.54) is 47.9 Å². The van der Waals surface area contributed by atoms with Gasteiger partial charge in [-0.25, -0.2) is 17.8 Å². The van der Waals surface area contributed by atoms with E-state index in [4.69, 9.17) is 9.47 Å². The van der Waals surface area contributed by atoms with Crippen LogP contribution < -0.4 is 10.2 Å². The summed E-state index contributed by atoms with van der Waals surface area (Å²) >= 11 is 0. The van der Waals surface area contributed by atoms with Crippen LogP contribution in [0.25, 0.3) is 0 Å². The molecule has 0 N–H and O–H groups in total. The Morgan fingerprint density at radius 1 is 1.29 bits per heavy atom. The summed E-state index contributed by atoms with van der Waals surface area (Å²) in [5, 5.41) is 4.32. The summed E-state index contributed by atoms with van der Waals surface area (Å²) < 4.78 is 53.7. The maximum absolute atomic E-state index is 13.5. The molecule has 1 aromatic carbocycles. The van der Waals surface area contributed by atoms with E-state index in [1.54, 1.807) is 25.6 Å². The number of benzene rings is 1. The van der Waals surface area contributed by atoms with E-state index in [0.29, 0.717) is 24.1 Å². The van der Waals surface area contributed by atoms with E-state index in [1.807, 2.05) is 0 Å². The van der Waals surface area contributed by atoms with Crippen LogP contribution in [-0.2, 0) is 32.5 Å². The number of nitrogens with zero attached hydrogens (tertiary/aromatic N) is 4. The minimum Gasteiger partial charge on any atom is -0.465 e. The summed E-state index contributed by atoms with van der Waals surface area (Å²) in [5.41, 5.74) is 2.15. The number of sulfonamides is 1. The minimum atomic E-state index is -3.88. The van der Waals surface area contributed by atoms with Gasteiger partial charge in [0.1, 0.15) is 30.9 Å². The molecule has 0 bridgehead atoms. The van der Waals surface area contributed by atoms with Crippen molar-refractivity contribution in [3.8, 4) is 11.6 Å². The van der Waals surface area contributed by atoms with E-state index in [0.717, 1.165) is 17.7 Å². The average Bonchev–Trinajstić information content (AvgIpc) is 3.24. The summed E-state index contributed by atoms with van der Waals surface area (Å²) in [6, 6.07) is 6.56. The largest absolute Gasteiger partial charge is 0.465 e. The van der Waals surface area contributed by atoms with Crippen molar-refractivity contribution in [2.24, 2.45) is 0 Å². The molecule has 184 valence electrons. The number of fused-ring (bicyclic) bond motifs is 1. The van der Waals surface area contributed by atoms with Crippen LogP contribution >= 0.6 is 0 Å². The second kappa shape index (κ2) is 10.2. The zero-order valence-corrected chi connectivity index (χ0v) is 20.6. The van der Waals surface area contributed by atoms with Crippen molar-refractivity contribution in [3.05, 3.63) is 59.8 Å². The smallest absolute Gasteiger partial charge is 0.327 e. The Hall–Kier alpha value is -3.25. The standard InChI is InChI=1S/C23H26BFN4O5S/c1-3-33-22(30)14-29-21-6-4-5-20(18(21)13-27-29)28(2)35(31,32)17-11-19(24)23(26-12-17)34-16-9-7-15(25)8-10-16/h7-13,20H,3-6,14,24H2,1-2H3/t20-/m1/s1. The Bertz CT molecular complexity index is 1330. The summed E-state index contributed by atoms with van der Waals surface area (Å²) in [6.07, 6.45) is 4.98. The molecule has 1 atom stereocenters.